The van der Waals surface area contributed by atoms with Crippen molar-refractivity contribution in [3.63, 3.8) is 0 Å². The summed E-state index contributed by atoms with van der Waals surface area (Å²) >= 11 is 0. The van der Waals surface area contributed by atoms with E-state index in [4.69, 9.17) is 4.74 Å². The van der Waals surface area contributed by atoms with E-state index in [9.17, 15) is 0 Å². The van der Waals surface area contributed by atoms with Crippen LogP contribution in [0.4, 0.5) is 0 Å². The summed E-state index contributed by atoms with van der Waals surface area (Å²) in [7, 11) is 4.00. The largest absolute Gasteiger partial charge is 0.369 e. The molecule has 0 saturated carbocycles. The highest BCUT2D eigenvalue weighted by Gasteiger charge is 2.49. The third-order valence-corrected chi connectivity index (χ3v) is 4.24. The number of aromatic nitrogens is 2. The first-order chi connectivity index (χ1) is 8.66. The maximum absolute atomic E-state index is 6.23. The first-order valence-electron chi connectivity index (χ1n) is 7.04. The molecule has 1 N–H and O–H groups in total. The van der Waals surface area contributed by atoms with Gasteiger partial charge in [0.05, 0.1) is 16.9 Å². The highest BCUT2D eigenvalue weighted by atomic mass is 16.5. The number of hydrogen-bond acceptors (Lipinski definition) is 3. The standard InChI is InChI=1S/C15H27N3O/c1-10-11(9-18(7)17-10)13(16-6)12-8-14(2,3)19-15(12,4)5/h9,12-13,16H,8H2,1-7H3. The molecule has 4 heteroatoms. The Labute approximate surface area is 116 Å². The smallest absolute Gasteiger partial charge is 0.0681 e. The molecule has 0 spiro atoms. The summed E-state index contributed by atoms with van der Waals surface area (Å²) in [6, 6.07) is 0.283. The SMILES string of the molecule is CNC(c1cn(C)nc1C)C1CC(C)(C)OC1(C)C. The molecular formula is C15H27N3O. The van der Waals surface area contributed by atoms with Gasteiger partial charge in [-0.1, -0.05) is 0 Å². The van der Waals surface area contributed by atoms with Gasteiger partial charge in [0.25, 0.3) is 0 Å². The van der Waals surface area contributed by atoms with Crippen molar-refractivity contribution in [1.29, 1.82) is 0 Å². The van der Waals surface area contributed by atoms with Crippen molar-refractivity contribution in [2.45, 2.75) is 58.3 Å². The van der Waals surface area contributed by atoms with Crippen LogP contribution in [-0.2, 0) is 11.8 Å². The normalized spacial score (nSPS) is 26.6. The molecule has 0 radical (unpaired) electrons. The molecule has 4 nitrogen and oxygen atoms in total. The van der Waals surface area contributed by atoms with Crippen molar-refractivity contribution in [2.75, 3.05) is 7.05 Å². The van der Waals surface area contributed by atoms with Gasteiger partial charge < -0.3 is 10.1 Å². The second-order valence-corrected chi connectivity index (χ2v) is 6.89. The van der Waals surface area contributed by atoms with Crippen LogP contribution in [0.2, 0.25) is 0 Å². The Kier molecular flexibility index (Phi) is 3.52. The quantitative estimate of drug-likeness (QED) is 0.913. The molecule has 1 aromatic rings. The lowest BCUT2D eigenvalue weighted by atomic mass is 9.79. The molecule has 2 rings (SSSR count). The van der Waals surface area contributed by atoms with Gasteiger partial charge >= 0.3 is 0 Å². The number of rotatable bonds is 3. The molecule has 0 aliphatic carbocycles. The van der Waals surface area contributed by atoms with Crippen LogP contribution < -0.4 is 5.32 Å². The Morgan fingerprint density at radius 3 is 2.42 bits per heavy atom. The molecular weight excluding hydrogens is 238 g/mol. The topological polar surface area (TPSA) is 39.1 Å². The monoisotopic (exact) mass is 265 g/mol. The maximum Gasteiger partial charge on any atom is 0.0681 e. The summed E-state index contributed by atoms with van der Waals surface area (Å²) in [5.41, 5.74) is 2.20. The van der Waals surface area contributed by atoms with E-state index in [0.29, 0.717) is 5.92 Å². The first-order valence-corrected chi connectivity index (χ1v) is 7.04. The van der Waals surface area contributed by atoms with Crippen molar-refractivity contribution in [3.05, 3.63) is 17.5 Å². The van der Waals surface area contributed by atoms with Gasteiger partial charge in [0.15, 0.2) is 0 Å². The van der Waals surface area contributed by atoms with Gasteiger partial charge in [-0.25, -0.2) is 0 Å². The van der Waals surface area contributed by atoms with Crippen molar-refractivity contribution in [3.8, 4) is 0 Å². The van der Waals surface area contributed by atoms with E-state index in [-0.39, 0.29) is 17.2 Å². The van der Waals surface area contributed by atoms with E-state index in [1.807, 2.05) is 18.8 Å². The van der Waals surface area contributed by atoms with Gasteiger partial charge in [-0.05, 0) is 48.1 Å². The van der Waals surface area contributed by atoms with Gasteiger partial charge in [-0.3, -0.25) is 4.68 Å². The van der Waals surface area contributed by atoms with Crippen LogP contribution in [0, 0.1) is 12.8 Å². The van der Waals surface area contributed by atoms with Crippen molar-refractivity contribution in [2.24, 2.45) is 13.0 Å². The highest BCUT2D eigenvalue weighted by molar-refractivity contribution is 5.23. The van der Waals surface area contributed by atoms with Crippen LogP contribution in [0.5, 0.6) is 0 Å². The van der Waals surface area contributed by atoms with E-state index < -0.39 is 0 Å². The van der Waals surface area contributed by atoms with Gasteiger partial charge in [0.1, 0.15) is 0 Å². The predicted molar refractivity (Wildman–Crippen MR) is 77.1 cm³/mol. The number of nitrogens with zero attached hydrogens (tertiary/aromatic N) is 2. The fourth-order valence-electron chi connectivity index (χ4n) is 3.62. The van der Waals surface area contributed by atoms with Gasteiger partial charge in [0, 0.05) is 30.8 Å². The molecule has 108 valence electrons. The molecule has 2 atom stereocenters. The number of ether oxygens (including phenoxy) is 1. The predicted octanol–water partition coefficient (Wildman–Crippen LogP) is 2.58. The molecule has 1 saturated heterocycles. The summed E-state index contributed by atoms with van der Waals surface area (Å²) in [6.45, 7) is 10.8. The van der Waals surface area contributed by atoms with E-state index >= 15 is 0 Å². The molecule has 2 heterocycles. The van der Waals surface area contributed by atoms with Crippen molar-refractivity contribution >= 4 is 0 Å². The summed E-state index contributed by atoms with van der Waals surface area (Å²) in [4.78, 5) is 0. The van der Waals surface area contributed by atoms with E-state index in [1.165, 1.54) is 5.56 Å². The van der Waals surface area contributed by atoms with E-state index in [2.05, 4.69) is 51.2 Å². The summed E-state index contributed by atoms with van der Waals surface area (Å²) in [5, 5.41) is 7.95. The minimum absolute atomic E-state index is 0.0562. The number of hydrogen-bond donors (Lipinski definition) is 1. The van der Waals surface area contributed by atoms with Gasteiger partial charge in [0.2, 0.25) is 0 Å². The average Bonchev–Trinajstić information content (AvgIpc) is 2.66. The molecule has 2 unspecified atom stereocenters. The molecule has 0 aromatic carbocycles. The summed E-state index contributed by atoms with van der Waals surface area (Å²) in [6.07, 6.45) is 3.18. The molecule has 0 bridgehead atoms. The molecule has 1 aliphatic heterocycles. The van der Waals surface area contributed by atoms with Crippen LogP contribution >= 0.6 is 0 Å². The third-order valence-electron chi connectivity index (χ3n) is 4.24. The van der Waals surface area contributed by atoms with Gasteiger partial charge in [-0.15, -0.1) is 0 Å². The first kappa shape index (κ1) is 14.5. The van der Waals surface area contributed by atoms with Crippen molar-refractivity contribution < 1.29 is 4.74 Å². The Morgan fingerprint density at radius 1 is 1.42 bits per heavy atom. The fourth-order valence-corrected chi connectivity index (χ4v) is 3.62. The van der Waals surface area contributed by atoms with Gasteiger partial charge in [-0.2, -0.15) is 5.10 Å². The Balaban J connectivity index is 2.35. The van der Waals surface area contributed by atoms with Crippen molar-refractivity contribution in [1.82, 2.24) is 15.1 Å². The summed E-state index contributed by atoms with van der Waals surface area (Å²) < 4.78 is 8.12. The lowest BCUT2D eigenvalue weighted by Crippen LogP contribution is -2.37. The lowest BCUT2D eigenvalue weighted by Gasteiger charge is -2.32. The molecule has 0 amide bonds. The fraction of sp³-hybridized carbons (Fsp3) is 0.800. The molecule has 1 aliphatic rings. The second-order valence-electron chi connectivity index (χ2n) is 6.89. The molecule has 1 fully saturated rings. The lowest BCUT2D eigenvalue weighted by molar-refractivity contribution is -0.0776. The second kappa shape index (κ2) is 4.60. The zero-order valence-electron chi connectivity index (χ0n) is 13.2. The third kappa shape index (κ3) is 2.70. The molecule has 1 aromatic heterocycles. The van der Waals surface area contributed by atoms with Crippen LogP contribution in [0.3, 0.4) is 0 Å². The number of aryl methyl sites for hydroxylation is 2. The van der Waals surface area contributed by atoms with E-state index in [1.54, 1.807) is 0 Å². The van der Waals surface area contributed by atoms with Crippen LogP contribution in [0.1, 0.15) is 51.4 Å². The van der Waals surface area contributed by atoms with Crippen LogP contribution in [0.25, 0.3) is 0 Å². The number of nitrogens with one attached hydrogen (secondary N) is 1. The van der Waals surface area contributed by atoms with Crippen LogP contribution in [0.15, 0.2) is 6.20 Å². The average molecular weight is 265 g/mol. The maximum atomic E-state index is 6.23. The Hall–Kier alpha value is -0.870. The zero-order valence-corrected chi connectivity index (χ0v) is 13.2. The zero-order chi connectivity index (χ0) is 14.4. The highest BCUT2D eigenvalue weighted by Crippen LogP contribution is 2.47. The Morgan fingerprint density at radius 2 is 2.05 bits per heavy atom. The summed E-state index contributed by atoms with van der Waals surface area (Å²) in [5.74, 6) is 0.440. The van der Waals surface area contributed by atoms with Crippen LogP contribution in [-0.4, -0.2) is 28.0 Å². The Bertz CT molecular complexity index is 462. The minimum atomic E-state index is -0.126. The molecule has 19 heavy (non-hydrogen) atoms. The minimum Gasteiger partial charge on any atom is -0.369 e. The van der Waals surface area contributed by atoms with E-state index in [0.717, 1.165) is 12.1 Å².